The molecule has 0 aromatic heterocycles. The first-order valence-corrected chi connectivity index (χ1v) is 8.49. The van der Waals surface area contributed by atoms with E-state index in [2.05, 4.69) is 84.9 Å². The first-order valence-electron chi connectivity index (χ1n) is 7.26. The molecule has 2 heteroatoms. The smallest absolute Gasteiger partial charge is 0.0924 e. The van der Waals surface area contributed by atoms with Crippen LogP contribution < -0.4 is 0 Å². The Balaban J connectivity index is 2.06. The Morgan fingerprint density at radius 2 is 1.14 bits per heavy atom. The van der Waals surface area contributed by atoms with Crippen LogP contribution >= 0.6 is 24.0 Å². The summed E-state index contributed by atoms with van der Waals surface area (Å²) in [6.07, 6.45) is 0. The van der Waals surface area contributed by atoms with Crippen LogP contribution in [0.1, 0.15) is 22.3 Å². The molecule has 22 heavy (non-hydrogen) atoms. The minimum absolute atomic E-state index is 0.240. The van der Waals surface area contributed by atoms with Crippen molar-refractivity contribution in [3.05, 3.63) is 107 Å². The van der Waals surface area contributed by atoms with Gasteiger partial charge in [0.2, 0.25) is 0 Å². The lowest BCUT2D eigenvalue weighted by Crippen LogP contribution is -2.22. The summed E-state index contributed by atoms with van der Waals surface area (Å²) in [6, 6.07) is 29.8. The molecule has 0 fully saturated rings. The molecule has 0 nitrogen and oxygen atoms in total. The lowest BCUT2D eigenvalue weighted by atomic mass is 9.82. The van der Waals surface area contributed by atoms with Crippen molar-refractivity contribution in [3.63, 3.8) is 0 Å². The predicted octanol–water partition coefficient (Wildman–Crippen LogP) is 5.40. The second kappa shape index (κ2) is 5.38. The molecular formula is C20H14S2. The molecule has 1 aliphatic rings. The number of thioether (sulfide) groups is 1. The maximum absolute atomic E-state index is 5.69. The lowest BCUT2D eigenvalue weighted by Gasteiger charge is -2.30. The molecule has 0 saturated carbocycles. The lowest BCUT2D eigenvalue weighted by molar-refractivity contribution is 0.907. The summed E-state index contributed by atoms with van der Waals surface area (Å²) in [5, 5.41) is 0. The maximum atomic E-state index is 5.69. The number of benzene rings is 3. The number of thiocarbonyl (C=S) groups is 1. The van der Waals surface area contributed by atoms with Crippen LogP contribution in [0.4, 0.5) is 0 Å². The third kappa shape index (κ3) is 1.95. The highest BCUT2D eigenvalue weighted by atomic mass is 32.2. The molecular weight excluding hydrogens is 304 g/mol. The number of rotatable bonds is 2. The van der Waals surface area contributed by atoms with Crippen LogP contribution in [0.15, 0.2) is 84.9 Å². The second-order valence-corrected chi connectivity index (χ2v) is 7.24. The first-order chi connectivity index (χ1) is 10.8. The second-order valence-electron chi connectivity index (χ2n) is 5.35. The molecule has 0 saturated heterocycles. The highest BCUT2D eigenvalue weighted by Crippen LogP contribution is 2.55. The predicted molar refractivity (Wildman–Crippen MR) is 98.5 cm³/mol. The summed E-state index contributed by atoms with van der Waals surface area (Å²) in [6.45, 7) is 0. The summed E-state index contributed by atoms with van der Waals surface area (Å²) >= 11 is 7.47. The standard InChI is InChI=1S/C20H14S2/c21-19-17-13-7-8-14-18(17)20(22-19,15-9-3-1-4-10-15)16-11-5-2-6-12-16/h1-14H. The van der Waals surface area contributed by atoms with Gasteiger partial charge in [-0.25, -0.2) is 0 Å². The van der Waals surface area contributed by atoms with Crippen LogP contribution in [0.5, 0.6) is 0 Å². The fourth-order valence-corrected chi connectivity index (χ4v) is 5.07. The van der Waals surface area contributed by atoms with E-state index in [1.807, 2.05) is 0 Å². The molecule has 1 heterocycles. The van der Waals surface area contributed by atoms with E-state index >= 15 is 0 Å². The summed E-state index contributed by atoms with van der Waals surface area (Å²) in [4.78, 5) is 0. The van der Waals surface area contributed by atoms with Crippen molar-refractivity contribution in [1.82, 2.24) is 0 Å². The molecule has 0 amide bonds. The van der Waals surface area contributed by atoms with Crippen LogP contribution in [0.3, 0.4) is 0 Å². The summed E-state index contributed by atoms with van der Waals surface area (Å²) < 4.78 is 0.735. The molecule has 0 atom stereocenters. The van der Waals surface area contributed by atoms with Crippen molar-refractivity contribution in [2.45, 2.75) is 4.75 Å². The van der Waals surface area contributed by atoms with Gasteiger partial charge in [-0.1, -0.05) is 109 Å². The van der Waals surface area contributed by atoms with E-state index < -0.39 is 0 Å². The topological polar surface area (TPSA) is 0 Å². The van der Waals surface area contributed by atoms with E-state index in [-0.39, 0.29) is 4.75 Å². The van der Waals surface area contributed by atoms with Gasteiger partial charge in [-0.05, 0) is 16.7 Å². The van der Waals surface area contributed by atoms with Crippen LogP contribution in [0, 0.1) is 0 Å². The molecule has 0 N–H and O–H groups in total. The summed E-state index contributed by atoms with van der Waals surface area (Å²) in [5.74, 6) is 0. The van der Waals surface area contributed by atoms with E-state index in [0.717, 1.165) is 4.20 Å². The Hall–Kier alpha value is -1.90. The van der Waals surface area contributed by atoms with E-state index in [1.54, 1.807) is 11.8 Å². The molecule has 106 valence electrons. The van der Waals surface area contributed by atoms with E-state index in [1.165, 1.54) is 22.3 Å². The van der Waals surface area contributed by atoms with Gasteiger partial charge in [-0.15, -0.1) is 0 Å². The third-order valence-electron chi connectivity index (χ3n) is 4.13. The number of fused-ring (bicyclic) bond motifs is 1. The van der Waals surface area contributed by atoms with Crippen molar-refractivity contribution >= 4 is 28.2 Å². The third-order valence-corrected chi connectivity index (χ3v) is 6.01. The largest absolute Gasteiger partial charge is 0.0968 e. The number of hydrogen-bond acceptors (Lipinski definition) is 2. The molecule has 0 bridgehead atoms. The maximum Gasteiger partial charge on any atom is 0.0968 e. The van der Waals surface area contributed by atoms with Crippen LogP contribution in [0.2, 0.25) is 0 Å². The summed E-state index contributed by atoms with van der Waals surface area (Å²) in [7, 11) is 0. The van der Waals surface area contributed by atoms with E-state index in [4.69, 9.17) is 12.2 Å². The van der Waals surface area contributed by atoms with Crippen molar-refractivity contribution in [2.75, 3.05) is 0 Å². The van der Waals surface area contributed by atoms with E-state index in [0.29, 0.717) is 0 Å². The van der Waals surface area contributed by atoms with Gasteiger partial charge in [0.1, 0.15) is 0 Å². The highest BCUT2D eigenvalue weighted by Gasteiger charge is 2.45. The Labute approximate surface area is 140 Å². The molecule has 0 aliphatic carbocycles. The fourth-order valence-electron chi connectivity index (χ4n) is 3.16. The molecule has 3 aromatic rings. The van der Waals surface area contributed by atoms with Gasteiger partial charge in [0.15, 0.2) is 0 Å². The molecule has 1 aliphatic heterocycles. The van der Waals surface area contributed by atoms with Crippen LogP contribution in [-0.2, 0) is 4.75 Å². The molecule has 0 unspecified atom stereocenters. The minimum Gasteiger partial charge on any atom is -0.0924 e. The normalized spacial score (nSPS) is 15.5. The monoisotopic (exact) mass is 318 g/mol. The van der Waals surface area contributed by atoms with Crippen LogP contribution in [-0.4, -0.2) is 4.20 Å². The van der Waals surface area contributed by atoms with Gasteiger partial charge in [-0.2, -0.15) is 0 Å². The van der Waals surface area contributed by atoms with Crippen molar-refractivity contribution in [3.8, 4) is 0 Å². The van der Waals surface area contributed by atoms with Crippen LogP contribution in [0.25, 0.3) is 0 Å². The quantitative estimate of drug-likeness (QED) is 0.580. The van der Waals surface area contributed by atoms with Gasteiger partial charge < -0.3 is 0 Å². The van der Waals surface area contributed by atoms with Gasteiger partial charge in [0.25, 0.3) is 0 Å². The molecule has 0 radical (unpaired) electrons. The minimum atomic E-state index is -0.240. The van der Waals surface area contributed by atoms with Gasteiger partial charge in [0.05, 0.1) is 8.94 Å². The number of hydrogen-bond donors (Lipinski definition) is 0. The fraction of sp³-hybridized carbons (Fsp3) is 0.0500. The Bertz CT molecular complexity index is 783. The average Bonchev–Trinajstić information content (AvgIpc) is 2.91. The molecule has 4 rings (SSSR count). The van der Waals surface area contributed by atoms with Gasteiger partial charge >= 0.3 is 0 Å². The van der Waals surface area contributed by atoms with E-state index in [9.17, 15) is 0 Å². The summed E-state index contributed by atoms with van der Waals surface area (Å²) in [5.41, 5.74) is 5.04. The Morgan fingerprint density at radius 1 is 0.636 bits per heavy atom. The van der Waals surface area contributed by atoms with Gasteiger partial charge in [0, 0.05) is 5.56 Å². The molecule has 3 aromatic carbocycles. The Kier molecular flexibility index (Phi) is 3.36. The highest BCUT2D eigenvalue weighted by molar-refractivity contribution is 8.25. The average molecular weight is 318 g/mol. The van der Waals surface area contributed by atoms with Crippen molar-refractivity contribution in [2.24, 2.45) is 0 Å². The first kappa shape index (κ1) is 13.7. The zero-order valence-corrected chi connectivity index (χ0v) is 13.5. The van der Waals surface area contributed by atoms with Crippen molar-refractivity contribution in [1.29, 1.82) is 0 Å². The van der Waals surface area contributed by atoms with Crippen molar-refractivity contribution < 1.29 is 0 Å². The zero-order valence-electron chi connectivity index (χ0n) is 11.9. The molecule has 0 spiro atoms. The Morgan fingerprint density at radius 3 is 1.73 bits per heavy atom. The SMILES string of the molecule is S=C1SC(c2ccccc2)(c2ccccc2)c2ccccc21. The van der Waals surface area contributed by atoms with Gasteiger partial charge in [-0.3, -0.25) is 0 Å². The zero-order chi connectivity index (χ0) is 15.0.